The first kappa shape index (κ1) is 21.7. The molecule has 0 aromatic rings. The van der Waals surface area contributed by atoms with Crippen LogP contribution in [0.15, 0.2) is 0 Å². The zero-order valence-corrected chi connectivity index (χ0v) is 18.1. The van der Waals surface area contributed by atoms with E-state index in [1.807, 2.05) is 13.8 Å². The van der Waals surface area contributed by atoms with E-state index < -0.39 is 22.9 Å². The second-order valence-corrected chi connectivity index (χ2v) is 11.1. The fraction of sp³-hybridized carbons (Fsp3) is 0.864. The third-order valence-electron chi connectivity index (χ3n) is 6.60. The normalized spacial score (nSPS) is 33.0. The Kier molecular flexibility index (Phi) is 5.47. The summed E-state index contributed by atoms with van der Waals surface area (Å²) in [5.41, 5.74) is -2.03. The summed E-state index contributed by atoms with van der Waals surface area (Å²) in [4.78, 5) is 25.5. The molecule has 1 saturated carbocycles. The molecule has 1 aliphatic carbocycles. The van der Waals surface area contributed by atoms with E-state index in [1.54, 1.807) is 0 Å². The molecule has 152 valence electrons. The maximum absolute atomic E-state index is 13.1. The van der Waals surface area contributed by atoms with Crippen LogP contribution in [0, 0.1) is 44.8 Å². The zero-order valence-electron chi connectivity index (χ0n) is 18.1. The molecular formula is C22H35NO4. The van der Waals surface area contributed by atoms with Gasteiger partial charge < -0.3 is 9.47 Å². The number of carbonyl (C=O) groups excluding carboxylic acids is 2. The average Bonchev–Trinajstić information content (AvgIpc) is 2.96. The number of esters is 2. The van der Waals surface area contributed by atoms with Crippen molar-refractivity contribution in [3.8, 4) is 6.07 Å². The molecule has 5 nitrogen and oxygen atoms in total. The molecule has 2 rings (SSSR count). The molecule has 0 bridgehead atoms. The smallest absolute Gasteiger partial charge is 0.327 e. The minimum Gasteiger partial charge on any atom is -0.461 e. The van der Waals surface area contributed by atoms with E-state index in [2.05, 4.69) is 47.6 Å². The van der Waals surface area contributed by atoms with Crippen molar-refractivity contribution in [3.63, 3.8) is 0 Å². The molecular weight excluding hydrogens is 342 g/mol. The Morgan fingerprint density at radius 1 is 1.26 bits per heavy atom. The second kappa shape index (κ2) is 6.79. The summed E-state index contributed by atoms with van der Waals surface area (Å²) >= 11 is 0. The molecule has 5 atom stereocenters. The monoisotopic (exact) mass is 377 g/mol. The fourth-order valence-electron chi connectivity index (χ4n) is 4.79. The molecule has 0 spiro atoms. The summed E-state index contributed by atoms with van der Waals surface area (Å²) in [7, 11) is 0. The van der Waals surface area contributed by atoms with E-state index in [-0.39, 0.29) is 29.3 Å². The van der Waals surface area contributed by atoms with Crippen molar-refractivity contribution in [2.45, 2.75) is 80.8 Å². The molecule has 1 heterocycles. The van der Waals surface area contributed by atoms with Gasteiger partial charge in [-0.25, -0.2) is 0 Å². The zero-order chi connectivity index (χ0) is 20.8. The van der Waals surface area contributed by atoms with E-state index in [1.165, 1.54) is 0 Å². The first-order valence-electron chi connectivity index (χ1n) is 9.96. The minimum absolute atomic E-state index is 0.0290. The lowest BCUT2D eigenvalue weighted by atomic mass is 9.61. The van der Waals surface area contributed by atoms with Gasteiger partial charge in [0.25, 0.3) is 0 Å². The molecule has 5 heteroatoms. The van der Waals surface area contributed by atoms with Gasteiger partial charge in [-0.15, -0.1) is 0 Å². The number of rotatable bonds is 4. The van der Waals surface area contributed by atoms with Gasteiger partial charge in [0.2, 0.25) is 0 Å². The molecule has 0 aromatic heterocycles. The molecule has 27 heavy (non-hydrogen) atoms. The van der Waals surface area contributed by atoms with Gasteiger partial charge in [-0.2, -0.15) is 5.26 Å². The van der Waals surface area contributed by atoms with E-state index >= 15 is 0 Å². The Bertz CT molecular complexity index is 651. The first-order chi connectivity index (χ1) is 12.2. The van der Waals surface area contributed by atoms with Crippen LogP contribution in [-0.2, 0) is 19.1 Å². The molecule has 5 unspecified atom stereocenters. The topological polar surface area (TPSA) is 76.4 Å². The molecule has 0 aromatic carbocycles. The van der Waals surface area contributed by atoms with Crippen LogP contribution in [0.25, 0.3) is 0 Å². The van der Waals surface area contributed by atoms with Crippen LogP contribution >= 0.6 is 0 Å². The molecule has 2 fully saturated rings. The summed E-state index contributed by atoms with van der Waals surface area (Å²) in [6.07, 6.45) is 1.45. The minimum atomic E-state index is -1.06. The highest BCUT2D eigenvalue weighted by Crippen LogP contribution is 2.54. The highest BCUT2D eigenvalue weighted by Gasteiger charge is 2.62. The van der Waals surface area contributed by atoms with Gasteiger partial charge in [-0.3, -0.25) is 9.59 Å². The fourth-order valence-corrected chi connectivity index (χ4v) is 4.79. The lowest BCUT2D eigenvalue weighted by Crippen LogP contribution is -2.45. The average molecular weight is 378 g/mol. The second-order valence-electron chi connectivity index (χ2n) is 11.1. The van der Waals surface area contributed by atoms with Crippen molar-refractivity contribution >= 4 is 11.9 Å². The Morgan fingerprint density at radius 3 is 2.33 bits per heavy atom. The van der Waals surface area contributed by atoms with Crippen LogP contribution in [-0.4, -0.2) is 24.6 Å². The molecule has 0 radical (unpaired) electrons. The van der Waals surface area contributed by atoms with E-state index in [0.717, 1.165) is 6.42 Å². The van der Waals surface area contributed by atoms with Crippen molar-refractivity contribution in [2.75, 3.05) is 6.61 Å². The predicted octanol–water partition coefficient (Wildman–Crippen LogP) is 4.50. The number of fused-ring (bicyclic) bond motifs is 1. The van der Waals surface area contributed by atoms with Crippen molar-refractivity contribution in [2.24, 2.45) is 33.5 Å². The van der Waals surface area contributed by atoms with E-state index in [4.69, 9.17) is 9.47 Å². The summed E-state index contributed by atoms with van der Waals surface area (Å²) in [5, 5.41) is 9.62. The standard InChI is InChI=1S/C22H35NO4/c1-14-9-15-16(27-18(25)22(15,10-14)13-23)11-26-17(24)21(8,20(5,6)7)12-19(2,3)4/h14-16H,9-12H2,1-8H3. The third kappa shape index (κ3) is 3.86. The maximum Gasteiger partial charge on any atom is 0.327 e. The molecule has 1 aliphatic heterocycles. The highest BCUT2D eigenvalue weighted by molar-refractivity contribution is 5.83. The van der Waals surface area contributed by atoms with Crippen LogP contribution in [0.4, 0.5) is 0 Å². The summed E-state index contributed by atoms with van der Waals surface area (Å²) < 4.78 is 11.2. The van der Waals surface area contributed by atoms with E-state index in [9.17, 15) is 14.9 Å². The van der Waals surface area contributed by atoms with Crippen LogP contribution in [0.3, 0.4) is 0 Å². The first-order valence-corrected chi connectivity index (χ1v) is 9.96. The quantitative estimate of drug-likeness (QED) is 0.674. The number of hydrogen-bond acceptors (Lipinski definition) is 5. The largest absolute Gasteiger partial charge is 0.461 e. The van der Waals surface area contributed by atoms with Gasteiger partial charge in [0.15, 0.2) is 5.41 Å². The number of carbonyl (C=O) groups is 2. The molecule has 1 saturated heterocycles. The SMILES string of the molecule is CC1CC2C(COC(=O)C(C)(CC(C)(C)C)C(C)(C)C)OC(=O)C2(C#N)C1. The Hall–Kier alpha value is -1.57. The van der Waals surface area contributed by atoms with Gasteiger partial charge in [0.05, 0.1) is 11.5 Å². The van der Waals surface area contributed by atoms with Crippen molar-refractivity contribution in [1.82, 2.24) is 0 Å². The lowest BCUT2D eigenvalue weighted by Gasteiger charge is -2.43. The van der Waals surface area contributed by atoms with Crippen LogP contribution in [0.5, 0.6) is 0 Å². The highest BCUT2D eigenvalue weighted by atomic mass is 16.6. The van der Waals surface area contributed by atoms with Gasteiger partial charge in [-0.1, -0.05) is 48.5 Å². The van der Waals surface area contributed by atoms with Gasteiger partial charge in [-0.05, 0) is 42.9 Å². The lowest BCUT2D eigenvalue weighted by molar-refractivity contribution is -0.170. The Balaban J connectivity index is 2.14. The van der Waals surface area contributed by atoms with Gasteiger partial charge in [0, 0.05) is 5.92 Å². The third-order valence-corrected chi connectivity index (χ3v) is 6.60. The maximum atomic E-state index is 13.1. The predicted molar refractivity (Wildman–Crippen MR) is 102 cm³/mol. The Morgan fingerprint density at radius 2 is 1.85 bits per heavy atom. The van der Waals surface area contributed by atoms with Crippen molar-refractivity contribution in [3.05, 3.63) is 0 Å². The molecule has 2 aliphatic rings. The summed E-state index contributed by atoms with van der Waals surface area (Å²) in [6.45, 7) is 16.5. The number of nitriles is 1. The number of nitrogens with zero attached hydrogens (tertiary/aromatic N) is 1. The summed E-state index contributed by atoms with van der Waals surface area (Å²) in [5.74, 6) is -0.613. The van der Waals surface area contributed by atoms with Crippen LogP contribution < -0.4 is 0 Å². The van der Waals surface area contributed by atoms with Crippen LogP contribution in [0.2, 0.25) is 0 Å². The molecule has 0 N–H and O–H groups in total. The van der Waals surface area contributed by atoms with Crippen molar-refractivity contribution in [1.29, 1.82) is 5.26 Å². The van der Waals surface area contributed by atoms with Gasteiger partial charge in [0.1, 0.15) is 12.7 Å². The van der Waals surface area contributed by atoms with Crippen molar-refractivity contribution < 1.29 is 19.1 Å². The van der Waals surface area contributed by atoms with Gasteiger partial charge >= 0.3 is 11.9 Å². The number of hydrogen-bond donors (Lipinski definition) is 0. The summed E-state index contributed by atoms with van der Waals surface area (Å²) in [6, 6.07) is 2.21. The number of cyclic esters (lactones) is 1. The number of ether oxygens (including phenoxy) is 2. The van der Waals surface area contributed by atoms with Crippen LogP contribution in [0.1, 0.15) is 74.7 Å². The Labute approximate surface area is 163 Å². The molecule has 0 amide bonds. The van der Waals surface area contributed by atoms with E-state index in [0.29, 0.717) is 18.8 Å².